The van der Waals surface area contributed by atoms with Gasteiger partial charge in [-0.15, -0.1) is 0 Å². The molecule has 0 unspecified atom stereocenters. The summed E-state index contributed by atoms with van der Waals surface area (Å²) in [5, 5.41) is 0. The van der Waals surface area contributed by atoms with Gasteiger partial charge < -0.3 is 0 Å². The van der Waals surface area contributed by atoms with E-state index >= 15 is 0 Å². The molecule has 34 heavy (non-hydrogen) atoms. The molecule has 0 radical (unpaired) electrons. The molecular weight excluding hydrogens is 426 g/mol. The molecule has 0 spiro atoms. The fraction of sp³-hybridized carbons (Fsp3) is 0.333. The van der Waals surface area contributed by atoms with E-state index < -0.39 is 0 Å². The van der Waals surface area contributed by atoms with Crippen LogP contribution in [-0.4, -0.2) is 4.98 Å². The number of halogens is 2. The lowest BCUT2D eigenvalue weighted by atomic mass is 9.81. The lowest BCUT2D eigenvalue weighted by Crippen LogP contribution is -2.53. The van der Waals surface area contributed by atoms with Gasteiger partial charge in [0.15, 0.2) is 5.54 Å². The molecule has 3 aromatic carbocycles. The molecule has 176 valence electrons. The molecule has 0 aliphatic heterocycles. The van der Waals surface area contributed by atoms with Crippen molar-refractivity contribution in [2.45, 2.75) is 66.3 Å². The van der Waals surface area contributed by atoms with Crippen LogP contribution < -0.4 is 4.57 Å². The average Bonchev–Trinajstić information content (AvgIpc) is 2.73. The monoisotopic (exact) mass is 459 g/mol. The summed E-state index contributed by atoms with van der Waals surface area (Å²) in [6.07, 6.45) is 0. The van der Waals surface area contributed by atoms with Gasteiger partial charge in [0.2, 0.25) is 11.2 Å². The van der Waals surface area contributed by atoms with E-state index in [4.69, 9.17) is 4.98 Å². The minimum atomic E-state index is -0.309. The molecule has 0 saturated carbocycles. The maximum Gasteiger partial charge on any atom is 0.240 e. The first-order valence-electron chi connectivity index (χ1n) is 11.7. The highest BCUT2D eigenvalue weighted by Gasteiger charge is 2.36. The summed E-state index contributed by atoms with van der Waals surface area (Å²) >= 11 is 0. The highest BCUT2D eigenvalue weighted by molar-refractivity contribution is 5.84. The second-order valence-electron chi connectivity index (χ2n) is 11.2. The van der Waals surface area contributed by atoms with Crippen LogP contribution in [0.2, 0.25) is 0 Å². The van der Waals surface area contributed by atoms with Gasteiger partial charge in [0.1, 0.15) is 22.8 Å². The van der Waals surface area contributed by atoms with Gasteiger partial charge in [-0.2, -0.15) is 4.57 Å². The maximum atomic E-state index is 14.5. The number of nitrogens with zero attached hydrogens (tertiary/aromatic N) is 2. The van der Waals surface area contributed by atoms with Crippen LogP contribution >= 0.6 is 0 Å². The topological polar surface area (TPSA) is 16.8 Å². The molecule has 0 N–H and O–H groups in total. The Balaban J connectivity index is 2.27. The van der Waals surface area contributed by atoms with Gasteiger partial charge in [0, 0.05) is 32.4 Å². The van der Waals surface area contributed by atoms with Crippen LogP contribution in [0.15, 0.2) is 54.6 Å². The zero-order valence-corrected chi connectivity index (χ0v) is 21.3. The summed E-state index contributed by atoms with van der Waals surface area (Å²) in [6, 6.07) is 15.7. The third-order valence-electron chi connectivity index (χ3n) is 6.35. The van der Waals surface area contributed by atoms with E-state index in [1.165, 1.54) is 23.8 Å². The van der Waals surface area contributed by atoms with Crippen molar-refractivity contribution in [1.29, 1.82) is 0 Å². The van der Waals surface area contributed by atoms with E-state index in [1.807, 2.05) is 6.07 Å². The van der Waals surface area contributed by atoms with Crippen LogP contribution in [0.5, 0.6) is 0 Å². The van der Waals surface area contributed by atoms with Crippen LogP contribution in [0.25, 0.3) is 33.5 Å². The number of hydrogen-bond donors (Lipinski definition) is 0. The van der Waals surface area contributed by atoms with Crippen molar-refractivity contribution in [3.63, 3.8) is 0 Å². The molecule has 4 rings (SSSR count). The highest BCUT2D eigenvalue weighted by Crippen LogP contribution is 2.38. The van der Waals surface area contributed by atoms with Gasteiger partial charge >= 0.3 is 0 Å². The first-order valence-corrected chi connectivity index (χ1v) is 11.7. The van der Waals surface area contributed by atoms with Crippen LogP contribution in [-0.2, 0) is 11.0 Å². The van der Waals surface area contributed by atoms with Crippen molar-refractivity contribution in [3.8, 4) is 22.5 Å². The van der Waals surface area contributed by atoms with Gasteiger partial charge in [-0.1, -0.05) is 20.8 Å². The molecule has 2 nitrogen and oxygen atoms in total. The normalized spacial score (nSPS) is 12.4. The molecule has 0 bridgehead atoms. The van der Waals surface area contributed by atoms with Crippen molar-refractivity contribution in [2.75, 3.05) is 0 Å². The third kappa shape index (κ3) is 4.34. The van der Waals surface area contributed by atoms with Gasteiger partial charge in [-0.25, -0.2) is 13.8 Å². The standard InChI is InChI=1S/C30H33F2N2/c1-18-15-25-26(16-19(18)2)34(30(6,7)8)28(27(33-25)20-9-11-21(31)12-10-20)23-14-13-22(32)17-24(23)29(3,4)5/h9-17H,1-8H3/q+1. The number of benzene rings is 3. The Kier molecular flexibility index (Phi) is 5.83. The van der Waals surface area contributed by atoms with Crippen molar-refractivity contribution in [1.82, 2.24) is 4.98 Å². The summed E-state index contributed by atoms with van der Waals surface area (Å²) in [6.45, 7) is 17.0. The van der Waals surface area contributed by atoms with Gasteiger partial charge in [0.05, 0.1) is 5.56 Å². The zero-order chi connectivity index (χ0) is 25.0. The third-order valence-corrected chi connectivity index (χ3v) is 6.35. The molecule has 0 atom stereocenters. The molecule has 0 amide bonds. The van der Waals surface area contributed by atoms with Gasteiger partial charge in [-0.3, -0.25) is 0 Å². The second kappa shape index (κ2) is 8.26. The average molecular weight is 460 g/mol. The summed E-state index contributed by atoms with van der Waals surface area (Å²) in [5.74, 6) is -0.557. The molecule has 1 aromatic heterocycles. The summed E-state index contributed by atoms with van der Waals surface area (Å²) in [4.78, 5) is 5.14. The van der Waals surface area contributed by atoms with Crippen LogP contribution in [0, 0.1) is 25.5 Å². The number of fused-ring (bicyclic) bond motifs is 1. The van der Waals surface area contributed by atoms with Crippen LogP contribution in [0.1, 0.15) is 58.2 Å². The largest absolute Gasteiger partial charge is 0.240 e. The predicted octanol–water partition coefficient (Wildman–Crippen LogP) is 7.80. The van der Waals surface area contributed by atoms with Crippen molar-refractivity contribution in [2.24, 2.45) is 0 Å². The van der Waals surface area contributed by atoms with Gasteiger partial charge in [-0.05, 0) is 84.5 Å². The summed E-state index contributed by atoms with van der Waals surface area (Å²) in [5.41, 5.74) is 7.93. The lowest BCUT2D eigenvalue weighted by molar-refractivity contribution is -0.720. The molecule has 4 heteroatoms. The fourth-order valence-corrected chi connectivity index (χ4v) is 4.55. The molecule has 0 aliphatic carbocycles. The predicted molar refractivity (Wildman–Crippen MR) is 136 cm³/mol. The molecule has 0 saturated heterocycles. The smallest absolute Gasteiger partial charge is 0.234 e. The minimum Gasteiger partial charge on any atom is -0.234 e. The van der Waals surface area contributed by atoms with E-state index in [0.717, 1.165) is 44.7 Å². The molecular formula is C30H33F2N2+. The van der Waals surface area contributed by atoms with Crippen molar-refractivity contribution >= 4 is 11.0 Å². The Hall–Kier alpha value is -3.14. The van der Waals surface area contributed by atoms with Gasteiger partial charge in [0.25, 0.3) is 0 Å². The molecule has 0 fully saturated rings. The quantitative estimate of drug-likeness (QED) is 0.279. The number of rotatable bonds is 2. The summed E-state index contributed by atoms with van der Waals surface area (Å²) < 4.78 is 30.6. The first kappa shape index (κ1) is 24.0. The molecule has 4 aromatic rings. The minimum absolute atomic E-state index is 0.264. The lowest BCUT2D eigenvalue weighted by Gasteiger charge is -2.26. The zero-order valence-electron chi connectivity index (χ0n) is 21.3. The Labute approximate surface area is 201 Å². The Morgan fingerprint density at radius 3 is 1.91 bits per heavy atom. The number of aryl methyl sites for hydroxylation is 2. The van der Waals surface area contributed by atoms with Crippen molar-refractivity contribution < 1.29 is 13.3 Å². The van der Waals surface area contributed by atoms with Crippen molar-refractivity contribution in [3.05, 3.63) is 82.9 Å². The molecule has 1 heterocycles. The van der Waals surface area contributed by atoms with E-state index in [9.17, 15) is 8.78 Å². The SMILES string of the molecule is Cc1cc2nc(-c3ccc(F)cc3)c(-c3ccc(F)cc3C(C)(C)C)[n+](C(C)(C)C)c2cc1C. The number of aromatic nitrogens is 2. The number of hydrogen-bond acceptors (Lipinski definition) is 1. The maximum absolute atomic E-state index is 14.5. The van der Waals surface area contributed by atoms with E-state index in [1.54, 1.807) is 18.2 Å². The Morgan fingerprint density at radius 2 is 1.32 bits per heavy atom. The van der Waals surface area contributed by atoms with E-state index in [-0.39, 0.29) is 22.6 Å². The van der Waals surface area contributed by atoms with E-state index in [0.29, 0.717) is 0 Å². The first-order chi connectivity index (χ1) is 15.8. The highest BCUT2D eigenvalue weighted by atomic mass is 19.1. The molecule has 0 aliphatic rings. The fourth-order valence-electron chi connectivity index (χ4n) is 4.55. The second-order valence-corrected chi connectivity index (χ2v) is 11.2. The summed E-state index contributed by atoms with van der Waals surface area (Å²) in [7, 11) is 0. The van der Waals surface area contributed by atoms with Crippen LogP contribution in [0.3, 0.4) is 0 Å². The van der Waals surface area contributed by atoms with Crippen LogP contribution in [0.4, 0.5) is 8.78 Å². The Bertz CT molecular complexity index is 1390. The van der Waals surface area contributed by atoms with E-state index in [2.05, 4.69) is 72.1 Å². The Morgan fingerprint density at radius 1 is 0.735 bits per heavy atom.